The van der Waals surface area contributed by atoms with Crippen molar-refractivity contribution >= 4 is 46.6 Å². The second-order valence-corrected chi connectivity index (χ2v) is 7.74. The summed E-state index contributed by atoms with van der Waals surface area (Å²) in [5.74, 6) is 0.799. The SMILES string of the molecule is C=CC(=O)Nc1ccccc1Nc1ncc(CC)c(N(Cc2ccc(Cl)c(OC)c2)C(C)=O)n1. The first kappa shape index (κ1) is 24.7. The molecule has 0 saturated heterocycles. The molecule has 2 N–H and O–H groups in total. The van der Waals surface area contributed by atoms with Crippen LogP contribution < -0.4 is 20.3 Å². The maximum absolute atomic E-state index is 12.6. The lowest BCUT2D eigenvalue weighted by Crippen LogP contribution is -2.30. The van der Waals surface area contributed by atoms with Crippen LogP contribution in [0.4, 0.5) is 23.1 Å². The Morgan fingerprint density at radius 3 is 2.59 bits per heavy atom. The molecule has 0 fully saturated rings. The van der Waals surface area contributed by atoms with Gasteiger partial charge in [0.2, 0.25) is 17.8 Å². The third kappa shape index (κ3) is 5.90. The monoisotopic (exact) mass is 479 g/mol. The van der Waals surface area contributed by atoms with Gasteiger partial charge in [-0.2, -0.15) is 4.98 Å². The fourth-order valence-electron chi connectivity index (χ4n) is 3.27. The molecule has 0 spiro atoms. The number of nitrogens with zero attached hydrogens (tertiary/aromatic N) is 3. The van der Waals surface area contributed by atoms with Gasteiger partial charge in [0.15, 0.2) is 0 Å². The molecule has 2 aromatic carbocycles. The standard InChI is InChI=1S/C25H26ClN5O3/c1-5-18-14-27-25(29-21-10-8-7-9-20(21)28-23(33)6-2)30-24(18)31(16(3)32)15-17-11-12-19(26)22(13-17)34-4/h6-14H,2,5,15H2,1,3-4H3,(H,28,33)(H,27,29,30). The van der Waals surface area contributed by atoms with Crippen LogP contribution in [0.3, 0.4) is 0 Å². The van der Waals surface area contributed by atoms with E-state index in [0.29, 0.717) is 34.4 Å². The summed E-state index contributed by atoms with van der Waals surface area (Å²) >= 11 is 6.15. The highest BCUT2D eigenvalue weighted by molar-refractivity contribution is 6.32. The zero-order valence-electron chi connectivity index (χ0n) is 19.3. The van der Waals surface area contributed by atoms with E-state index in [9.17, 15) is 9.59 Å². The first-order valence-corrected chi connectivity index (χ1v) is 11.0. The van der Waals surface area contributed by atoms with Crippen LogP contribution in [-0.2, 0) is 22.6 Å². The lowest BCUT2D eigenvalue weighted by atomic mass is 10.1. The summed E-state index contributed by atoms with van der Waals surface area (Å²) in [6.07, 6.45) is 3.52. The van der Waals surface area contributed by atoms with Crippen molar-refractivity contribution in [1.29, 1.82) is 0 Å². The van der Waals surface area contributed by atoms with Crippen molar-refractivity contribution < 1.29 is 14.3 Å². The number of aromatic nitrogens is 2. The first-order chi connectivity index (χ1) is 16.4. The number of ether oxygens (including phenoxy) is 1. The highest BCUT2D eigenvalue weighted by Crippen LogP contribution is 2.29. The number of hydrogen-bond donors (Lipinski definition) is 2. The van der Waals surface area contributed by atoms with Crippen LogP contribution in [-0.4, -0.2) is 28.9 Å². The van der Waals surface area contributed by atoms with E-state index in [-0.39, 0.29) is 24.3 Å². The second-order valence-electron chi connectivity index (χ2n) is 7.33. The van der Waals surface area contributed by atoms with Crippen molar-refractivity contribution in [3.05, 3.63) is 77.5 Å². The van der Waals surface area contributed by atoms with Crippen LogP contribution in [0, 0.1) is 0 Å². The highest BCUT2D eigenvalue weighted by atomic mass is 35.5. The summed E-state index contributed by atoms with van der Waals surface area (Å²) in [5.41, 5.74) is 2.80. The van der Waals surface area contributed by atoms with E-state index >= 15 is 0 Å². The third-order valence-corrected chi connectivity index (χ3v) is 5.34. The van der Waals surface area contributed by atoms with E-state index in [1.807, 2.05) is 19.1 Å². The second kappa shape index (κ2) is 11.3. The largest absolute Gasteiger partial charge is 0.495 e. The van der Waals surface area contributed by atoms with Crippen LogP contribution in [0.1, 0.15) is 25.0 Å². The number of amides is 2. The number of rotatable bonds is 9. The van der Waals surface area contributed by atoms with Gasteiger partial charge in [-0.15, -0.1) is 0 Å². The average molecular weight is 480 g/mol. The van der Waals surface area contributed by atoms with Crippen molar-refractivity contribution in [3.8, 4) is 5.75 Å². The molecule has 3 rings (SSSR count). The van der Waals surface area contributed by atoms with Gasteiger partial charge in [-0.1, -0.05) is 43.3 Å². The number of halogens is 1. The molecule has 0 atom stereocenters. The summed E-state index contributed by atoms with van der Waals surface area (Å²) in [6, 6.07) is 12.5. The quantitative estimate of drug-likeness (QED) is 0.413. The number of methoxy groups -OCH3 is 1. The van der Waals surface area contributed by atoms with Gasteiger partial charge in [0, 0.05) is 18.7 Å². The Kier molecular flexibility index (Phi) is 8.21. The van der Waals surface area contributed by atoms with E-state index in [1.54, 1.807) is 48.5 Å². The normalized spacial score (nSPS) is 10.4. The topological polar surface area (TPSA) is 96.5 Å². The van der Waals surface area contributed by atoms with Crippen LogP contribution >= 0.6 is 11.6 Å². The van der Waals surface area contributed by atoms with Crippen molar-refractivity contribution in [2.45, 2.75) is 26.8 Å². The number of nitrogens with one attached hydrogen (secondary N) is 2. The molecule has 2 amide bonds. The Morgan fingerprint density at radius 2 is 1.94 bits per heavy atom. The molecule has 3 aromatic rings. The van der Waals surface area contributed by atoms with E-state index < -0.39 is 0 Å². The molecular weight excluding hydrogens is 454 g/mol. The molecule has 0 aliphatic carbocycles. The molecule has 176 valence electrons. The maximum Gasteiger partial charge on any atom is 0.247 e. The molecule has 9 heteroatoms. The number of hydrogen-bond acceptors (Lipinski definition) is 6. The fourth-order valence-corrected chi connectivity index (χ4v) is 3.46. The van der Waals surface area contributed by atoms with Crippen LogP contribution in [0.15, 0.2) is 61.3 Å². The molecule has 1 aromatic heterocycles. The molecule has 0 saturated carbocycles. The molecule has 34 heavy (non-hydrogen) atoms. The van der Waals surface area contributed by atoms with Crippen molar-refractivity contribution in [1.82, 2.24) is 9.97 Å². The summed E-state index contributed by atoms with van der Waals surface area (Å²) in [7, 11) is 1.54. The Morgan fingerprint density at radius 1 is 1.21 bits per heavy atom. The van der Waals surface area contributed by atoms with Gasteiger partial charge in [0.25, 0.3) is 0 Å². The van der Waals surface area contributed by atoms with Gasteiger partial charge >= 0.3 is 0 Å². The minimum atomic E-state index is -0.335. The molecule has 0 unspecified atom stereocenters. The van der Waals surface area contributed by atoms with Gasteiger partial charge in [-0.05, 0) is 42.3 Å². The Labute approximate surface area is 203 Å². The van der Waals surface area contributed by atoms with Gasteiger partial charge in [0.05, 0.1) is 30.1 Å². The van der Waals surface area contributed by atoms with E-state index in [2.05, 4.69) is 27.2 Å². The minimum Gasteiger partial charge on any atom is -0.495 e. The molecule has 0 bridgehead atoms. The summed E-state index contributed by atoms with van der Waals surface area (Å²) in [5, 5.41) is 6.37. The van der Waals surface area contributed by atoms with Crippen LogP contribution in [0.25, 0.3) is 0 Å². The van der Waals surface area contributed by atoms with Gasteiger partial charge in [-0.3, -0.25) is 14.5 Å². The lowest BCUT2D eigenvalue weighted by Gasteiger charge is -2.23. The molecule has 1 heterocycles. The molecule has 8 nitrogen and oxygen atoms in total. The van der Waals surface area contributed by atoms with Gasteiger partial charge in [0.1, 0.15) is 11.6 Å². The predicted molar refractivity (Wildman–Crippen MR) is 135 cm³/mol. The Hall–Kier alpha value is -3.91. The maximum atomic E-state index is 12.6. The number of aryl methyl sites for hydroxylation is 1. The summed E-state index contributed by atoms with van der Waals surface area (Å²) < 4.78 is 5.30. The van der Waals surface area contributed by atoms with E-state index in [4.69, 9.17) is 16.3 Å². The molecular formula is C25H26ClN5O3. The van der Waals surface area contributed by atoms with E-state index in [0.717, 1.165) is 11.1 Å². The molecule has 0 aliphatic heterocycles. The van der Waals surface area contributed by atoms with Crippen LogP contribution in [0.2, 0.25) is 5.02 Å². The third-order valence-electron chi connectivity index (χ3n) is 5.03. The van der Waals surface area contributed by atoms with Gasteiger partial charge < -0.3 is 15.4 Å². The number of carbonyl (C=O) groups excluding carboxylic acids is 2. The van der Waals surface area contributed by atoms with Crippen molar-refractivity contribution in [3.63, 3.8) is 0 Å². The first-order valence-electron chi connectivity index (χ1n) is 10.6. The summed E-state index contributed by atoms with van der Waals surface area (Å²) in [6.45, 7) is 7.21. The Balaban J connectivity index is 1.96. The smallest absolute Gasteiger partial charge is 0.247 e. The lowest BCUT2D eigenvalue weighted by molar-refractivity contribution is -0.116. The number of carbonyl (C=O) groups is 2. The van der Waals surface area contributed by atoms with Gasteiger partial charge in [-0.25, -0.2) is 4.98 Å². The number of para-hydroxylation sites is 2. The number of anilines is 4. The van der Waals surface area contributed by atoms with Crippen molar-refractivity contribution in [2.75, 3.05) is 22.6 Å². The fraction of sp³-hybridized carbons (Fsp3) is 0.200. The molecule has 0 aliphatic rings. The number of benzene rings is 2. The highest BCUT2D eigenvalue weighted by Gasteiger charge is 2.19. The Bertz CT molecular complexity index is 1210. The zero-order chi connectivity index (χ0) is 24.7. The average Bonchev–Trinajstić information content (AvgIpc) is 2.84. The van der Waals surface area contributed by atoms with Crippen molar-refractivity contribution in [2.24, 2.45) is 0 Å². The van der Waals surface area contributed by atoms with Crippen LogP contribution in [0.5, 0.6) is 5.75 Å². The minimum absolute atomic E-state index is 0.174. The van der Waals surface area contributed by atoms with E-state index in [1.165, 1.54) is 13.0 Å². The molecule has 0 radical (unpaired) electrons. The predicted octanol–water partition coefficient (Wildman–Crippen LogP) is 5.12. The zero-order valence-corrected chi connectivity index (χ0v) is 20.0. The summed E-state index contributed by atoms with van der Waals surface area (Å²) in [4.78, 5) is 35.1.